The summed E-state index contributed by atoms with van der Waals surface area (Å²) in [4.78, 5) is 15.2. The van der Waals surface area contributed by atoms with Crippen LogP contribution >= 0.6 is 0 Å². The van der Waals surface area contributed by atoms with Crippen molar-refractivity contribution in [1.29, 1.82) is 0 Å². The van der Waals surface area contributed by atoms with Crippen molar-refractivity contribution in [3.63, 3.8) is 0 Å². The first-order chi connectivity index (χ1) is 7.43. The van der Waals surface area contributed by atoms with Crippen molar-refractivity contribution in [3.05, 3.63) is 18.2 Å². The van der Waals surface area contributed by atoms with Crippen LogP contribution in [0.3, 0.4) is 0 Å². The number of primary amides is 1. The van der Waals surface area contributed by atoms with Crippen LogP contribution < -0.4 is 11.5 Å². The number of carbonyl (C=O) groups excluding carboxylic acids is 1. The molecule has 5 nitrogen and oxygen atoms in total. The molecule has 2 atom stereocenters. The standard InChI is InChI=1S/C11H20N4O/c1-7(2)4-9(12)10-5-14-6-15(10)8(3)11(13)16/h5-9H,4,12H2,1-3H3,(H2,13,16). The minimum atomic E-state index is -0.407. The highest BCUT2D eigenvalue weighted by atomic mass is 16.1. The van der Waals surface area contributed by atoms with Crippen molar-refractivity contribution in [2.75, 3.05) is 0 Å². The molecule has 1 aromatic heterocycles. The van der Waals surface area contributed by atoms with E-state index >= 15 is 0 Å². The van der Waals surface area contributed by atoms with Crippen LogP contribution in [0, 0.1) is 5.92 Å². The molecule has 0 aromatic carbocycles. The van der Waals surface area contributed by atoms with Gasteiger partial charge in [0.1, 0.15) is 6.04 Å². The average molecular weight is 224 g/mol. The molecule has 0 aliphatic rings. The lowest BCUT2D eigenvalue weighted by atomic mass is 10.0. The Hall–Kier alpha value is -1.36. The molecule has 0 aliphatic heterocycles. The van der Waals surface area contributed by atoms with Gasteiger partial charge in [0, 0.05) is 12.2 Å². The van der Waals surface area contributed by atoms with Crippen molar-refractivity contribution in [2.45, 2.75) is 39.3 Å². The molecule has 90 valence electrons. The fraction of sp³-hybridized carbons (Fsp3) is 0.636. The Morgan fingerprint density at radius 2 is 2.12 bits per heavy atom. The summed E-state index contributed by atoms with van der Waals surface area (Å²) in [6.07, 6.45) is 4.16. The Balaban J connectivity index is 2.89. The summed E-state index contributed by atoms with van der Waals surface area (Å²) < 4.78 is 1.75. The van der Waals surface area contributed by atoms with Crippen LogP contribution in [0.2, 0.25) is 0 Å². The topological polar surface area (TPSA) is 86.9 Å². The molecule has 1 aromatic rings. The maximum absolute atomic E-state index is 11.1. The molecule has 0 spiro atoms. The van der Waals surface area contributed by atoms with Gasteiger partial charge in [-0.3, -0.25) is 4.79 Å². The van der Waals surface area contributed by atoms with E-state index in [0.29, 0.717) is 5.92 Å². The highest BCUT2D eigenvalue weighted by molar-refractivity contribution is 5.78. The number of hydrogen-bond acceptors (Lipinski definition) is 3. The Labute approximate surface area is 95.8 Å². The number of nitrogens with zero attached hydrogens (tertiary/aromatic N) is 2. The Kier molecular flexibility index (Phi) is 4.06. The van der Waals surface area contributed by atoms with Crippen LogP contribution in [0.1, 0.15) is 45.0 Å². The third-order valence-corrected chi connectivity index (χ3v) is 2.63. The second-order valence-corrected chi connectivity index (χ2v) is 4.54. The van der Waals surface area contributed by atoms with Gasteiger partial charge < -0.3 is 16.0 Å². The van der Waals surface area contributed by atoms with Gasteiger partial charge in [0.05, 0.1) is 12.0 Å². The van der Waals surface area contributed by atoms with Crippen molar-refractivity contribution in [3.8, 4) is 0 Å². The smallest absolute Gasteiger partial charge is 0.240 e. The third-order valence-electron chi connectivity index (χ3n) is 2.63. The van der Waals surface area contributed by atoms with Crippen LogP contribution in [-0.2, 0) is 4.79 Å². The van der Waals surface area contributed by atoms with Crippen molar-refractivity contribution in [2.24, 2.45) is 17.4 Å². The van der Waals surface area contributed by atoms with Gasteiger partial charge in [-0.2, -0.15) is 0 Å². The lowest BCUT2D eigenvalue weighted by molar-refractivity contribution is -0.120. The van der Waals surface area contributed by atoms with E-state index < -0.39 is 6.04 Å². The van der Waals surface area contributed by atoms with Gasteiger partial charge in [-0.15, -0.1) is 0 Å². The summed E-state index contributed by atoms with van der Waals surface area (Å²) in [5.41, 5.74) is 12.2. The van der Waals surface area contributed by atoms with Crippen molar-refractivity contribution in [1.82, 2.24) is 9.55 Å². The second kappa shape index (κ2) is 5.12. The van der Waals surface area contributed by atoms with Gasteiger partial charge in [0.2, 0.25) is 5.91 Å². The molecule has 1 rings (SSSR count). The fourth-order valence-corrected chi connectivity index (χ4v) is 1.69. The summed E-state index contributed by atoms with van der Waals surface area (Å²) >= 11 is 0. The Morgan fingerprint density at radius 1 is 1.50 bits per heavy atom. The van der Waals surface area contributed by atoms with Crippen molar-refractivity contribution < 1.29 is 4.79 Å². The largest absolute Gasteiger partial charge is 0.368 e. The first kappa shape index (κ1) is 12.7. The molecule has 5 heteroatoms. The van der Waals surface area contributed by atoms with E-state index in [-0.39, 0.29) is 11.9 Å². The highest BCUT2D eigenvalue weighted by Gasteiger charge is 2.19. The van der Waals surface area contributed by atoms with Crippen LogP contribution in [0.4, 0.5) is 0 Å². The lowest BCUT2D eigenvalue weighted by Crippen LogP contribution is -2.27. The van der Waals surface area contributed by atoms with E-state index in [0.717, 1.165) is 12.1 Å². The number of amides is 1. The predicted octanol–water partition coefficient (Wildman–Crippen LogP) is 0.975. The van der Waals surface area contributed by atoms with Gasteiger partial charge >= 0.3 is 0 Å². The number of carbonyl (C=O) groups is 1. The molecular weight excluding hydrogens is 204 g/mol. The van der Waals surface area contributed by atoms with E-state index in [1.54, 1.807) is 24.0 Å². The van der Waals surface area contributed by atoms with Gasteiger partial charge in [0.25, 0.3) is 0 Å². The molecule has 1 amide bonds. The van der Waals surface area contributed by atoms with Gasteiger partial charge in [-0.05, 0) is 19.3 Å². The second-order valence-electron chi connectivity index (χ2n) is 4.54. The Bertz CT molecular complexity index is 359. The molecule has 0 aliphatic carbocycles. The monoisotopic (exact) mass is 224 g/mol. The molecule has 0 saturated heterocycles. The molecule has 4 N–H and O–H groups in total. The summed E-state index contributed by atoms with van der Waals surface area (Å²) in [6, 6.07) is -0.514. The third kappa shape index (κ3) is 2.82. The minimum Gasteiger partial charge on any atom is -0.368 e. The maximum atomic E-state index is 11.1. The Morgan fingerprint density at radius 3 is 2.62 bits per heavy atom. The van der Waals surface area contributed by atoms with Gasteiger partial charge in [-0.1, -0.05) is 13.8 Å². The SMILES string of the molecule is CC(C)CC(N)c1cncn1C(C)C(N)=O. The highest BCUT2D eigenvalue weighted by Crippen LogP contribution is 2.21. The van der Waals surface area contributed by atoms with E-state index in [1.807, 2.05) is 0 Å². The van der Waals surface area contributed by atoms with Gasteiger partial charge in [0.15, 0.2) is 0 Å². The number of aromatic nitrogens is 2. The number of nitrogens with two attached hydrogens (primary N) is 2. The maximum Gasteiger partial charge on any atom is 0.240 e. The molecule has 1 heterocycles. The molecular formula is C11H20N4O. The lowest BCUT2D eigenvalue weighted by Gasteiger charge is -2.19. The van der Waals surface area contributed by atoms with E-state index in [4.69, 9.17) is 11.5 Å². The van der Waals surface area contributed by atoms with Crippen molar-refractivity contribution >= 4 is 5.91 Å². The number of imidazole rings is 1. The zero-order valence-corrected chi connectivity index (χ0v) is 10.1. The minimum absolute atomic E-state index is 0.107. The molecule has 0 fully saturated rings. The molecule has 16 heavy (non-hydrogen) atoms. The quantitative estimate of drug-likeness (QED) is 0.781. The summed E-state index contributed by atoms with van der Waals surface area (Å²) in [5.74, 6) is 0.123. The van der Waals surface area contributed by atoms with E-state index in [9.17, 15) is 4.79 Å². The van der Waals surface area contributed by atoms with Crippen LogP contribution in [0.5, 0.6) is 0 Å². The molecule has 2 unspecified atom stereocenters. The fourth-order valence-electron chi connectivity index (χ4n) is 1.69. The molecule has 0 radical (unpaired) electrons. The number of hydrogen-bond donors (Lipinski definition) is 2. The molecule has 0 bridgehead atoms. The summed E-state index contributed by atoms with van der Waals surface area (Å²) in [5, 5.41) is 0. The summed E-state index contributed by atoms with van der Waals surface area (Å²) in [7, 11) is 0. The van der Waals surface area contributed by atoms with E-state index in [2.05, 4.69) is 18.8 Å². The zero-order chi connectivity index (χ0) is 12.3. The predicted molar refractivity (Wildman–Crippen MR) is 62.5 cm³/mol. The van der Waals surface area contributed by atoms with E-state index in [1.165, 1.54) is 0 Å². The normalized spacial score (nSPS) is 15.1. The molecule has 0 saturated carbocycles. The summed E-state index contributed by atoms with van der Waals surface area (Å²) in [6.45, 7) is 5.96. The van der Waals surface area contributed by atoms with Crippen LogP contribution in [-0.4, -0.2) is 15.5 Å². The first-order valence-corrected chi connectivity index (χ1v) is 5.50. The van der Waals surface area contributed by atoms with Crippen LogP contribution in [0.15, 0.2) is 12.5 Å². The zero-order valence-electron chi connectivity index (χ0n) is 10.1. The average Bonchev–Trinajstić information content (AvgIpc) is 2.63. The first-order valence-electron chi connectivity index (χ1n) is 5.50. The number of rotatable bonds is 5. The van der Waals surface area contributed by atoms with Gasteiger partial charge in [-0.25, -0.2) is 4.98 Å². The van der Waals surface area contributed by atoms with Crippen LogP contribution in [0.25, 0.3) is 0 Å².